The van der Waals surface area contributed by atoms with E-state index in [9.17, 15) is 4.79 Å². The highest BCUT2D eigenvalue weighted by atomic mass is 16.2. The number of hydrogen-bond donors (Lipinski definition) is 0. The predicted octanol–water partition coefficient (Wildman–Crippen LogP) is 1.67. The zero-order valence-corrected chi connectivity index (χ0v) is 14.7. The predicted molar refractivity (Wildman–Crippen MR) is 98.7 cm³/mol. The SMILES string of the molecule is O=C(c1ccc2ncccc2c1)N1CCCN(CCn2cnnc2)CC1. The van der Waals surface area contributed by atoms with E-state index in [2.05, 4.69) is 20.1 Å². The number of hydrogen-bond acceptors (Lipinski definition) is 5. The molecule has 2 aromatic heterocycles. The number of carbonyl (C=O) groups excluding carboxylic acids is 1. The Balaban J connectivity index is 1.38. The molecule has 1 aromatic carbocycles. The van der Waals surface area contributed by atoms with E-state index in [0.717, 1.165) is 62.2 Å². The molecule has 0 N–H and O–H groups in total. The van der Waals surface area contributed by atoms with Gasteiger partial charge in [0, 0.05) is 49.9 Å². The average molecular weight is 350 g/mol. The van der Waals surface area contributed by atoms with Crippen molar-refractivity contribution in [2.24, 2.45) is 0 Å². The normalized spacial score (nSPS) is 15.9. The number of aromatic nitrogens is 4. The fraction of sp³-hybridized carbons (Fsp3) is 0.368. The highest BCUT2D eigenvalue weighted by molar-refractivity contribution is 5.97. The molecule has 7 heteroatoms. The van der Waals surface area contributed by atoms with Crippen molar-refractivity contribution >= 4 is 16.8 Å². The van der Waals surface area contributed by atoms with Crippen LogP contribution in [0.1, 0.15) is 16.8 Å². The Kier molecular flexibility index (Phi) is 4.88. The maximum absolute atomic E-state index is 12.9. The lowest BCUT2D eigenvalue weighted by molar-refractivity contribution is 0.0761. The van der Waals surface area contributed by atoms with E-state index in [-0.39, 0.29) is 5.91 Å². The molecule has 0 aliphatic carbocycles. The summed E-state index contributed by atoms with van der Waals surface area (Å²) in [7, 11) is 0. The van der Waals surface area contributed by atoms with Gasteiger partial charge in [-0.1, -0.05) is 6.07 Å². The van der Waals surface area contributed by atoms with E-state index in [1.807, 2.05) is 39.8 Å². The van der Waals surface area contributed by atoms with Crippen LogP contribution in [0.2, 0.25) is 0 Å². The molecule has 134 valence electrons. The molecule has 0 saturated carbocycles. The maximum Gasteiger partial charge on any atom is 0.253 e. The van der Waals surface area contributed by atoms with Gasteiger partial charge in [-0.3, -0.25) is 14.7 Å². The molecule has 1 aliphatic rings. The molecule has 3 aromatic rings. The van der Waals surface area contributed by atoms with Gasteiger partial charge in [0.15, 0.2) is 0 Å². The second-order valence-corrected chi connectivity index (χ2v) is 6.60. The fourth-order valence-corrected chi connectivity index (χ4v) is 3.38. The fourth-order valence-electron chi connectivity index (χ4n) is 3.38. The van der Waals surface area contributed by atoms with Crippen LogP contribution in [0.4, 0.5) is 0 Å². The van der Waals surface area contributed by atoms with Gasteiger partial charge in [0.1, 0.15) is 12.7 Å². The van der Waals surface area contributed by atoms with Crippen LogP contribution >= 0.6 is 0 Å². The van der Waals surface area contributed by atoms with Gasteiger partial charge >= 0.3 is 0 Å². The smallest absolute Gasteiger partial charge is 0.253 e. The Hall–Kier alpha value is -2.80. The molecule has 0 unspecified atom stereocenters. The van der Waals surface area contributed by atoms with Gasteiger partial charge in [-0.25, -0.2) is 0 Å². The van der Waals surface area contributed by atoms with Crippen LogP contribution in [-0.4, -0.2) is 68.2 Å². The van der Waals surface area contributed by atoms with Crippen molar-refractivity contribution in [1.29, 1.82) is 0 Å². The zero-order chi connectivity index (χ0) is 17.8. The molecule has 1 amide bonds. The molecular formula is C19H22N6O. The van der Waals surface area contributed by atoms with Crippen molar-refractivity contribution in [1.82, 2.24) is 29.5 Å². The van der Waals surface area contributed by atoms with E-state index in [1.54, 1.807) is 18.9 Å². The molecule has 0 radical (unpaired) electrons. The van der Waals surface area contributed by atoms with Gasteiger partial charge in [0.2, 0.25) is 0 Å². The second-order valence-electron chi connectivity index (χ2n) is 6.60. The van der Waals surface area contributed by atoms with E-state index in [1.165, 1.54) is 0 Å². The second kappa shape index (κ2) is 7.61. The van der Waals surface area contributed by atoms with Gasteiger partial charge in [0.05, 0.1) is 5.52 Å². The Morgan fingerprint density at radius 1 is 1.00 bits per heavy atom. The lowest BCUT2D eigenvalue weighted by atomic mass is 10.1. The Labute approximate surface area is 152 Å². The molecule has 0 spiro atoms. The minimum Gasteiger partial charge on any atom is -0.337 e. The quantitative estimate of drug-likeness (QED) is 0.716. The molecule has 3 heterocycles. The summed E-state index contributed by atoms with van der Waals surface area (Å²) in [6.07, 6.45) is 6.24. The zero-order valence-electron chi connectivity index (χ0n) is 14.7. The number of amides is 1. The molecule has 0 bridgehead atoms. The van der Waals surface area contributed by atoms with Gasteiger partial charge in [-0.15, -0.1) is 10.2 Å². The van der Waals surface area contributed by atoms with Gasteiger partial charge in [0.25, 0.3) is 5.91 Å². The summed E-state index contributed by atoms with van der Waals surface area (Å²) in [5, 5.41) is 8.67. The molecule has 0 atom stereocenters. The summed E-state index contributed by atoms with van der Waals surface area (Å²) in [5.41, 5.74) is 1.66. The van der Waals surface area contributed by atoms with Gasteiger partial charge in [-0.2, -0.15) is 0 Å². The van der Waals surface area contributed by atoms with E-state index in [0.29, 0.717) is 0 Å². The first-order valence-electron chi connectivity index (χ1n) is 8.98. The molecule has 1 saturated heterocycles. The first kappa shape index (κ1) is 16.7. The Bertz CT molecular complexity index is 879. The first-order chi connectivity index (χ1) is 12.8. The largest absolute Gasteiger partial charge is 0.337 e. The standard InChI is InChI=1S/C19H22N6O/c26-19(17-4-5-18-16(13-17)3-1-6-20-18)25-8-2-7-23(11-12-25)9-10-24-14-21-22-15-24/h1,3-6,13-15H,2,7-12H2. The number of fused-ring (bicyclic) bond motifs is 1. The number of nitrogens with zero attached hydrogens (tertiary/aromatic N) is 6. The van der Waals surface area contributed by atoms with Crippen LogP contribution in [0, 0.1) is 0 Å². The van der Waals surface area contributed by atoms with Crippen LogP contribution in [0.3, 0.4) is 0 Å². The van der Waals surface area contributed by atoms with Gasteiger partial charge in [-0.05, 0) is 37.2 Å². The number of carbonyl (C=O) groups is 1. The topological polar surface area (TPSA) is 67.2 Å². The third-order valence-corrected chi connectivity index (χ3v) is 4.87. The molecule has 4 rings (SSSR count). The van der Waals surface area contributed by atoms with E-state index >= 15 is 0 Å². The highest BCUT2D eigenvalue weighted by Gasteiger charge is 2.20. The molecule has 1 fully saturated rings. The maximum atomic E-state index is 12.9. The van der Waals surface area contributed by atoms with Gasteiger partial charge < -0.3 is 9.47 Å². The van der Waals surface area contributed by atoms with Crippen molar-refractivity contribution in [2.45, 2.75) is 13.0 Å². The highest BCUT2D eigenvalue weighted by Crippen LogP contribution is 2.16. The van der Waals surface area contributed by atoms with Crippen molar-refractivity contribution < 1.29 is 4.79 Å². The van der Waals surface area contributed by atoms with Crippen LogP contribution < -0.4 is 0 Å². The van der Waals surface area contributed by atoms with Crippen molar-refractivity contribution in [3.8, 4) is 0 Å². The molecule has 7 nitrogen and oxygen atoms in total. The summed E-state index contributed by atoms with van der Waals surface area (Å²) >= 11 is 0. The summed E-state index contributed by atoms with van der Waals surface area (Å²) < 4.78 is 1.98. The summed E-state index contributed by atoms with van der Waals surface area (Å²) in [6, 6.07) is 9.64. The summed E-state index contributed by atoms with van der Waals surface area (Å²) in [5.74, 6) is 0.108. The minimum atomic E-state index is 0.108. The monoisotopic (exact) mass is 350 g/mol. The van der Waals surface area contributed by atoms with E-state index in [4.69, 9.17) is 0 Å². The number of pyridine rings is 1. The average Bonchev–Trinajstić information content (AvgIpc) is 3.09. The molecule has 1 aliphatic heterocycles. The Morgan fingerprint density at radius 2 is 1.88 bits per heavy atom. The molecule has 26 heavy (non-hydrogen) atoms. The van der Waals surface area contributed by atoms with E-state index < -0.39 is 0 Å². The van der Waals surface area contributed by atoms with Crippen molar-refractivity contribution in [3.63, 3.8) is 0 Å². The third kappa shape index (κ3) is 3.72. The lowest BCUT2D eigenvalue weighted by Gasteiger charge is -2.22. The third-order valence-electron chi connectivity index (χ3n) is 4.87. The van der Waals surface area contributed by atoms with Crippen LogP contribution in [0.25, 0.3) is 10.9 Å². The minimum absolute atomic E-state index is 0.108. The van der Waals surface area contributed by atoms with Crippen LogP contribution in [0.5, 0.6) is 0 Å². The van der Waals surface area contributed by atoms with Crippen molar-refractivity contribution in [3.05, 3.63) is 54.7 Å². The van der Waals surface area contributed by atoms with Crippen LogP contribution in [0.15, 0.2) is 49.2 Å². The number of rotatable bonds is 4. The Morgan fingerprint density at radius 3 is 2.77 bits per heavy atom. The molecular weight excluding hydrogens is 328 g/mol. The van der Waals surface area contributed by atoms with Crippen LogP contribution in [-0.2, 0) is 6.54 Å². The first-order valence-corrected chi connectivity index (χ1v) is 8.98. The van der Waals surface area contributed by atoms with Crippen molar-refractivity contribution in [2.75, 3.05) is 32.7 Å². The summed E-state index contributed by atoms with van der Waals surface area (Å²) in [6.45, 7) is 5.27. The summed E-state index contributed by atoms with van der Waals surface area (Å²) in [4.78, 5) is 21.6. The number of benzene rings is 1. The lowest BCUT2D eigenvalue weighted by Crippen LogP contribution is -2.36.